The molecule has 0 saturated carbocycles. The van der Waals surface area contributed by atoms with Crippen molar-refractivity contribution in [3.8, 4) is 17.1 Å². The molecule has 0 aliphatic heterocycles. The van der Waals surface area contributed by atoms with Gasteiger partial charge >= 0.3 is 0 Å². The summed E-state index contributed by atoms with van der Waals surface area (Å²) in [6.45, 7) is 2.10. The first-order valence-corrected chi connectivity index (χ1v) is 8.16. The lowest BCUT2D eigenvalue weighted by molar-refractivity contribution is 0.0935. The second kappa shape index (κ2) is 7.83. The van der Waals surface area contributed by atoms with Gasteiger partial charge in [-0.2, -0.15) is 0 Å². The van der Waals surface area contributed by atoms with Crippen molar-refractivity contribution in [2.24, 2.45) is 7.05 Å². The molecule has 0 bridgehead atoms. The van der Waals surface area contributed by atoms with Crippen molar-refractivity contribution in [3.63, 3.8) is 0 Å². The van der Waals surface area contributed by atoms with Crippen LogP contribution in [-0.4, -0.2) is 39.1 Å². The number of carbonyl (C=O) groups excluding carboxylic acids is 1. The van der Waals surface area contributed by atoms with Crippen molar-refractivity contribution in [2.75, 3.05) is 13.2 Å². The largest absolute Gasteiger partial charge is 0.471 e. The van der Waals surface area contributed by atoms with E-state index in [2.05, 4.69) is 15.6 Å². The van der Waals surface area contributed by atoms with Gasteiger partial charge in [-0.15, -0.1) is 5.10 Å². The molecule has 0 aliphatic carbocycles. The lowest BCUT2D eigenvalue weighted by Gasteiger charge is -2.04. The number of aromatic nitrogens is 3. The molecule has 8 nitrogen and oxygen atoms in total. The van der Waals surface area contributed by atoms with Gasteiger partial charge in [-0.25, -0.2) is 0 Å². The fourth-order valence-corrected chi connectivity index (χ4v) is 2.51. The number of nitrogens with zero attached hydrogens (tertiary/aromatic N) is 3. The number of amides is 1. The molecule has 0 fully saturated rings. The predicted octanol–water partition coefficient (Wildman–Crippen LogP) is 1.68. The van der Waals surface area contributed by atoms with E-state index in [-0.39, 0.29) is 25.7 Å². The molecule has 0 spiro atoms. The quantitative estimate of drug-likeness (QED) is 0.668. The third kappa shape index (κ3) is 3.75. The topological polar surface area (TPSA) is 102 Å². The van der Waals surface area contributed by atoms with E-state index < -0.39 is 0 Å². The van der Waals surface area contributed by atoms with Gasteiger partial charge < -0.3 is 19.7 Å². The van der Waals surface area contributed by atoms with Gasteiger partial charge in [0.1, 0.15) is 23.8 Å². The predicted molar refractivity (Wildman–Crippen MR) is 93.6 cm³/mol. The first-order chi connectivity index (χ1) is 12.6. The van der Waals surface area contributed by atoms with Crippen molar-refractivity contribution >= 4 is 5.91 Å². The molecule has 0 unspecified atom stereocenters. The Morgan fingerprint density at radius 2 is 2.12 bits per heavy atom. The van der Waals surface area contributed by atoms with Gasteiger partial charge in [-0.3, -0.25) is 9.48 Å². The van der Waals surface area contributed by atoms with E-state index >= 15 is 0 Å². The van der Waals surface area contributed by atoms with Crippen LogP contribution in [0.1, 0.15) is 21.8 Å². The number of aliphatic hydroxyl groups is 1. The van der Waals surface area contributed by atoms with Gasteiger partial charge in [-0.05, 0) is 6.92 Å². The molecule has 0 saturated heterocycles. The molecule has 2 aromatic heterocycles. The maximum absolute atomic E-state index is 12.0. The molecule has 3 rings (SSSR count). The van der Waals surface area contributed by atoms with Crippen LogP contribution in [0, 0.1) is 6.92 Å². The Hall–Kier alpha value is -3.13. The number of carbonyl (C=O) groups is 1. The number of ether oxygens (including phenoxy) is 1. The average molecular weight is 356 g/mol. The Kier molecular flexibility index (Phi) is 5.33. The molecule has 0 aliphatic rings. The zero-order chi connectivity index (χ0) is 18.5. The van der Waals surface area contributed by atoms with Crippen LogP contribution in [-0.2, 0) is 13.7 Å². The fourth-order valence-electron chi connectivity index (χ4n) is 2.51. The fraction of sp³-hybridized carbons (Fsp3) is 0.278. The molecule has 1 aromatic carbocycles. The van der Waals surface area contributed by atoms with Gasteiger partial charge in [-0.1, -0.05) is 35.5 Å². The maximum Gasteiger partial charge on any atom is 0.269 e. The van der Waals surface area contributed by atoms with Crippen LogP contribution in [0.4, 0.5) is 0 Å². The Bertz CT molecular complexity index is 886. The first kappa shape index (κ1) is 17.7. The molecular weight excluding hydrogens is 336 g/mol. The normalized spacial score (nSPS) is 10.7. The van der Waals surface area contributed by atoms with Crippen LogP contribution >= 0.6 is 0 Å². The van der Waals surface area contributed by atoms with Crippen molar-refractivity contribution in [1.82, 2.24) is 20.3 Å². The molecule has 136 valence electrons. The van der Waals surface area contributed by atoms with Crippen LogP contribution in [0.3, 0.4) is 0 Å². The molecule has 2 N–H and O–H groups in total. The highest BCUT2D eigenvalue weighted by Gasteiger charge is 2.17. The Labute approximate surface area is 150 Å². The summed E-state index contributed by atoms with van der Waals surface area (Å²) in [5.41, 5.74) is 2.83. The van der Waals surface area contributed by atoms with E-state index in [1.54, 1.807) is 13.1 Å². The monoisotopic (exact) mass is 356 g/mol. The standard InChI is InChI=1S/C18H20N4O4/c1-12-14(17(21-26-12)13-6-4-3-5-7-13)11-25-16-10-15(22(2)20-16)18(24)19-8-9-23/h3-7,10,23H,8-9,11H2,1-2H3,(H,19,24). The molecule has 1 amide bonds. The maximum atomic E-state index is 12.0. The van der Waals surface area contributed by atoms with Crippen molar-refractivity contribution in [1.29, 1.82) is 0 Å². The molecule has 0 atom stereocenters. The lowest BCUT2D eigenvalue weighted by Crippen LogP contribution is -2.28. The summed E-state index contributed by atoms with van der Waals surface area (Å²) in [5, 5.41) is 19.7. The zero-order valence-corrected chi connectivity index (χ0v) is 14.6. The van der Waals surface area contributed by atoms with Gasteiger partial charge in [0.2, 0.25) is 5.88 Å². The van der Waals surface area contributed by atoms with E-state index in [1.807, 2.05) is 37.3 Å². The van der Waals surface area contributed by atoms with E-state index in [0.717, 1.165) is 16.8 Å². The Balaban J connectivity index is 1.74. The van der Waals surface area contributed by atoms with E-state index in [4.69, 9.17) is 14.4 Å². The summed E-state index contributed by atoms with van der Waals surface area (Å²) >= 11 is 0. The SMILES string of the molecule is Cc1onc(-c2ccccc2)c1COc1cc(C(=O)NCCO)n(C)n1. The minimum absolute atomic E-state index is 0.123. The summed E-state index contributed by atoms with van der Waals surface area (Å²) in [4.78, 5) is 12.0. The highest BCUT2D eigenvalue weighted by Crippen LogP contribution is 2.26. The lowest BCUT2D eigenvalue weighted by atomic mass is 10.1. The van der Waals surface area contributed by atoms with Gasteiger partial charge in [0.25, 0.3) is 5.91 Å². The van der Waals surface area contributed by atoms with Crippen LogP contribution in [0.25, 0.3) is 11.3 Å². The number of nitrogens with one attached hydrogen (secondary N) is 1. The minimum atomic E-state index is -0.324. The third-order valence-electron chi connectivity index (χ3n) is 3.88. The van der Waals surface area contributed by atoms with Crippen molar-refractivity contribution in [3.05, 3.63) is 53.4 Å². The molecule has 3 aromatic rings. The highest BCUT2D eigenvalue weighted by atomic mass is 16.5. The summed E-state index contributed by atoms with van der Waals surface area (Å²) in [7, 11) is 1.65. The first-order valence-electron chi connectivity index (χ1n) is 8.16. The highest BCUT2D eigenvalue weighted by molar-refractivity contribution is 5.92. The van der Waals surface area contributed by atoms with Crippen LogP contribution in [0.5, 0.6) is 5.88 Å². The van der Waals surface area contributed by atoms with Crippen molar-refractivity contribution in [2.45, 2.75) is 13.5 Å². The molecule has 0 radical (unpaired) electrons. The van der Waals surface area contributed by atoms with E-state index in [0.29, 0.717) is 17.3 Å². The summed E-state index contributed by atoms with van der Waals surface area (Å²) < 4.78 is 12.5. The Morgan fingerprint density at radius 1 is 1.35 bits per heavy atom. The average Bonchev–Trinajstić information content (AvgIpc) is 3.21. The molecule has 8 heteroatoms. The smallest absolute Gasteiger partial charge is 0.269 e. The van der Waals surface area contributed by atoms with Gasteiger partial charge in [0, 0.05) is 25.2 Å². The summed E-state index contributed by atoms with van der Waals surface area (Å²) in [6, 6.07) is 11.2. The van der Waals surface area contributed by atoms with E-state index in [9.17, 15) is 4.79 Å². The van der Waals surface area contributed by atoms with Gasteiger partial charge in [0.05, 0.1) is 12.2 Å². The zero-order valence-electron chi connectivity index (χ0n) is 14.6. The minimum Gasteiger partial charge on any atom is -0.471 e. The van der Waals surface area contributed by atoms with Crippen LogP contribution in [0.15, 0.2) is 40.9 Å². The second-order valence-electron chi connectivity index (χ2n) is 5.69. The number of hydrogen-bond acceptors (Lipinski definition) is 6. The van der Waals surface area contributed by atoms with Crippen LogP contribution < -0.4 is 10.1 Å². The summed E-state index contributed by atoms with van der Waals surface area (Å²) in [6.07, 6.45) is 0. The molecular formula is C18H20N4O4. The molecule has 26 heavy (non-hydrogen) atoms. The van der Waals surface area contributed by atoms with E-state index in [1.165, 1.54) is 4.68 Å². The van der Waals surface area contributed by atoms with Crippen LogP contribution in [0.2, 0.25) is 0 Å². The number of benzene rings is 1. The second-order valence-corrected chi connectivity index (χ2v) is 5.69. The number of aliphatic hydroxyl groups excluding tert-OH is 1. The number of hydrogen-bond donors (Lipinski definition) is 2. The Morgan fingerprint density at radius 3 is 2.85 bits per heavy atom. The molecule has 2 heterocycles. The van der Waals surface area contributed by atoms with Gasteiger partial charge in [0.15, 0.2) is 0 Å². The third-order valence-corrected chi connectivity index (χ3v) is 3.88. The number of aryl methyl sites for hydroxylation is 2. The summed E-state index contributed by atoms with van der Waals surface area (Å²) in [5.74, 6) is 0.664. The van der Waals surface area contributed by atoms with Crippen molar-refractivity contribution < 1.29 is 19.2 Å². The number of rotatable bonds is 7.